The predicted molar refractivity (Wildman–Crippen MR) is 104 cm³/mol. The number of rotatable bonds is 9. The summed E-state index contributed by atoms with van der Waals surface area (Å²) in [6, 6.07) is -0.292. The van der Waals surface area contributed by atoms with E-state index in [0.717, 1.165) is 18.5 Å². The fourth-order valence-electron chi connectivity index (χ4n) is 3.94. The van der Waals surface area contributed by atoms with Gasteiger partial charge in [0.2, 0.25) is 11.8 Å². The average Bonchev–Trinajstić information content (AvgIpc) is 3.33. The van der Waals surface area contributed by atoms with Crippen molar-refractivity contribution in [2.45, 2.75) is 57.2 Å². The number of carbonyl (C=O) groups excluding carboxylic acids is 2. The van der Waals surface area contributed by atoms with Gasteiger partial charge in [0.05, 0.1) is 30.2 Å². The molecule has 1 aromatic rings. The highest BCUT2D eigenvalue weighted by molar-refractivity contribution is 5.84. The highest BCUT2D eigenvalue weighted by Crippen LogP contribution is 2.38. The molecule has 3 heterocycles. The van der Waals surface area contributed by atoms with Gasteiger partial charge in [0.1, 0.15) is 0 Å². The van der Waals surface area contributed by atoms with Crippen LogP contribution in [0, 0.1) is 18.3 Å². The van der Waals surface area contributed by atoms with Crippen LogP contribution in [0.25, 0.3) is 0 Å². The van der Waals surface area contributed by atoms with Crippen molar-refractivity contribution in [2.24, 2.45) is 23.2 Å². The lowest BCUT2D eigenvalue weighted by molar-refractivity contribution is -0.143. The lowest BCUT2D eigenvalue weighted by Crippen LogP contribution is -2.49. The van der Waals surface area contributed by atoms with Gasteiger partial charge < -0.3 is 14.8 Å². The number of amides is 2. The van der Waals surface area contributed by atoms with Gasteiger partial charge in [-0.15, -0.1) is 12.3 Å². The van der Waals surface area contributed by atoms with Gasteiger partial charge in [0.25, 0.3) is 0 Å². The number of likely N-dealkylation sites (tertiary alicyclic amines) is 1. The Kier molecular flexibility index (Phi) is 6.12. The van der Waals surface area contributed by atoms with Crippen molar-refractivity contribution in [1.29, 1.82) is 0 Å². The largest absolute Gasteiger partial charge is 0.356 e. The molecule has 3 rings (SSSR count). The van der Waals surface area contributed by atoms with Crippen LogP contribution >= 0.6 is 0 Å². The predicted octanol–water partition coefficient (Wildman–Crippen LogP) is 2.19. The molecule has 2 amide bonds. The number of aromatic nitrogens is 2. The summed E-state index contributed by atoms with van der Waals surface area (Å²) >= 11 is 0. The van der Waals surface area contributed by atoms with Crippen molar-refractivity contribution in [3.63, 3.8) is 0 Å². The van der Waals surface area contributed by atoms with Crippen LogP contribution in [0.15, 0.2) is 22.8 Å². The number of terminal acetylenes is 1. The minimum atomic E-state index is -0.405. The molecule has 0 radical (unpaired) electrons. The molecule has 150 valence electrons. The number of hydrogen-bond acceptors (Lipinski definition) is 5. The molecule has 2 atom stereocenters. The SMILES string of the molecule is C#CCCC1(CCNC(=O)[C@H]2CCC(=O)N(CCC)[C@@H]2c2cncn2C)N=N1. The summed E-state index contributed by atoms with van der Waals surface area (Å²) in [5.41, 5.74) is 0.483. The fourth-order valence-corrected chi connectivity index (χ4v) is 3.94. The van der Waals surface area contributed by atoms with E-state index >= 15 is 0 Å². The Morgan fingerprint density at radius 3 is 2.82 bits per heavy atom. The summed E-state index contributed by atoms with van der Waals surface area (Å²) in [5.74, 6) is 2.38. The Balaban J connectivity index is 1.67. The van der Waals surface area contributed by atoms with Crippen LogP contribution in [0.2, 0.25) is 0 Å². The van der Waals surface area contributed by atoms with E-state index in [9.17, 15) is 9.59 Å². The first-order chi connectivity index (χ1) is 13.5. The third-order valence-corrected chi connectivity index (χ3v) is 5.54. The van der Waals surface area contributed by atoms with E-state index in [2.05, 4.69) is 26.4 Å². The third kappa shape index (κ3) is 4.24. The van der Waals surface area contributed by atoms with Gasteiger partial charge >= 0.3 is 0 Å². The van der Waals surface area contributed by atoms with Gasteiger partial charge in [-0.25, -0.2) is 4.98 Å². The van der Waals surface area contributed by atoms with Gasteiger partial charge in [-0.1, -0.05) is 6.92 Å². The first kappa shape index (κ1) is 20.1. The zero-order valence-corrected chi connectivity index (χ0v) is 16.6. The van der Waals surface area contributed by atoms with Crippen molar-refractivity contribution in [3.8, 4) is 12.3 Å². The van der Waals surface area contributed by atoms with E-state index in [0.29, 0.717) is 38.8 Å². The molecule has 0 aromatic carbocycles. The second kappa shape index (κ2) is 8.55. The Bertz CT molecular complexity index is 787. The van der Waals surface area contributed by atoms with Gasteiger partial charge in [-0.3, -0.25) is 9.59 Å². The molecule has 1 fully saturated rings. The Morgan fingerprint density at radius 1 is 1.43 bits per heavy atom. The molecule has 8 heteroatoms. The van der Waals surface area contributed by atoms with Gasteiger partial charge in [-0.05, 0) is 12.8 Å². The minimum absolute atomic E-state index is 0.0347. The van der Waals surface area contributed by atoms with Gasteiger partial charge in [-0.2, -0.15) is 10.2 Å². The van der Waals surface area contributed by atoms with Crippen LogP contribution in [-0.2, 0) is 16.6 Å². The number of nitrogens with one attached hydrogen (secondary N) is 1. The molecule has 0 saturated carbocycles. The maximum Gasteiger partial charge on any atom is 0.225 e. The number of carbonyl (C=O) groups is 2. The highest BCUT2D eigenvalue weighted by Gasteiger charge is 2.42. The standard InChI is InChI=1S/C20H28N6O2/c1-4-6-9-20(23-24-20)10-11-22-19(28)15-7-8-17(27)26(12-5-2)18(15)16-13-21-14-25(16)3/h1,13-15,18H,5-12H2,2-3H3,(H,22,28)/t15-,18-/m0/s1. The average molecular weight is 384 g/mol. The third-order valence-electron chi connectivity index (χ3n) is 5.54. The van der Waals surface area contributed by atoms with E-state index in [4.69, 9.17) is 6.42 Å². The summed E-state index contributed by atoms with van der Waals surface area (Å²) in [6.45, 7) is 3.16. The number of hydrogen-bond donors (Lipinski definition) is 1. The lowest BCUT2D eigenvalue weighted by atomic mass is 9.85. The van der Waals surface area contributed by atoms with Crippen molar-refractivity contribution in [3.05, 3.63) is 18.2 Å². The van der Waals surface area contributed by atoms with E-state index in [1.165, 1.54) is 0 Å². The molecular weight excluding hydrogens is 356 g/mol. The molecule has 0 spiro atoms. The van der Waals surface area contributed by atoms with Crippen LogP contribution in [0.3, 0.4) is 0 Å². The van der Waals surface area contributed by atoms with Crippen LogP contribution in [-0.4, -0.2) is 45.0 Å². The number of imidazole rings is 1. The number of nitrogens with zero attached hydrogens (tertiary/aromatic N) is 5. The van der Waals surface area contributed by atoms with E-state index in [1.54, 1.807) is 12.5 Å². The zero-order chi connectivity index (χ0) is 20.1. The molecular formula is C20H28N6O2. The molecule has 1 aromatic heterocycles. The summed E-state index contributed by atoms with van der Waals surface area (Å²) < 4.78 is 1.89. The van der Waals surface area contributed by atoms with Crippen LogP contribution in [0.4, 0.5) is 0 Å². The maximum atomic E-state index is 13.0. The number of piperidine rings is 1. The molecule has 8 nitrogen and oxygen atoms in total. The van der Waals surface area contributed by atoms with Gasteiger partial charge in [0, 0.05) is 45.8 Å². The van der Waals surface area contributed by atoms with Gasteiger partial charge in [0.15, 0.2) is 5.66 Å². The fraction of sp³-hybridized carbons (Fsp3) is 0.650. The summed E-state index contributed by atoms with van der Waals surface area (Å²) in [7, 11) is 1.89. The smallest absolute Gasteiger partial charge is 0.225 e. The Labute approximate surface area is 165 Å². The zero-order valence-electron chi connectivity index (χ0n) is 16.6. The summed E-state index contributed by atoms with van der Waals surface area (Å²) in [5, 5.41) is 11.3. The maximum absolute atomic E-state index is 13.0. The first-order valence-corrected chi connectivity index (χ1v) is 9.92. The van der Waals surface area contributed by atoms with Crippen LogP contribution < -0.4 is 5.32 Å². The number of aryl methyl sites for hydroxylation is 1. The molecule has 0 bridgehead atoms. The summed E-state index contributed by atoms with van der Waals surface area (Å²) in [4.78, 5) is 31.6. The van der Waals surface area contributed by atoms with Crippen molar-refractivity contribution < 1.29 is 9.59 Å². The first-order valence-electron chi connectivity index (χ1n) is 9.92. The van der Waals surface area contributed by atoms with Crippen LogP contribution in [0.5, 0.6) is 0 Å². The van der Waals surface area contributed by atoms with E-state index in [1.807, 2.05) is 23.4 Å². The second-order valence-corrected chi connectivity index (χ2v) is 7.53. The minimum Gasteiger partial charge on any atom is -0.356 e. The Hall–Kier alpha value is -2.69. The van der Waals surface area contributed by atoms with Crippen LogP contribution in [0.1, 0.15) is 57.2 Å². The molecule has 2 aliphatic rings. The Morgan fingerprint density at radius 2 is 2.21 bits per heavy atom. The summed E-state index contributed by atoms with van der Waals surface area (Å²) in [6.07, 6.45) is 12.6. The molecule has 1 N–H and O–H groups in total. The van der Waals surface area contributed by atoms with E-state index < -0.39 is 5.66 Å². The lowest BCUT2D eigenvalue weighted by Gasteiger charge is -2.40. The molecule has 0 aliphatic carbocycles. The quantitative estimate of drug-likeness (QED) is 0.662. The molecule has 2 aliphatic heterocycles. The molecule has 1 saturated heterocycles. The molecule has 0 unspecified atom stereocenters. The van der Waals surface area contributed by atoms with E-state index in [-0.39, 0.29) is 23.8 Å². The van der Waals surface area contributed by atoms with Crippen molar-refractivity contribution >= 4 is 11.8 Å². The monoisotopic (exact) mass is 384 g/mol. The van der Waals surface area contributed by atoms with Crippen molar-refractivity contribution in [1.82, 2.24) is 19.8 Å². The topological polar surface area (TPSA) is 92.0 Å². The normalized spacial score (nSPS) is 22.8. The highest BCUT2D eigenvalue weighted by atomic mass is 16.2. The molecule has 28 heavy (non-hydrogen) atoms. The van der Waals surface area contributed by atoms with Crippen molar-refractivity contribution in [2.75, 3.05) is 13.1 Å². The second-order valence-electron chi connectivity index (χ2n) is 7.53.